The molecule has 2 aromatic rings. The molecule has 2 aliphatic heterocycles. The summed E-state index contributed by atoms with van der Waals surface area (Å²) in [5.74, 6) is 1.16. The van der Waals surface area contributed by atoms with Crippen LogP contribution in [0.4, 0.5) is 10.5 Å². The molecule has 0 aromatic heterocycles. The van der Waals surface area contributed by atoms with Gasteiger partial charge in [-0.25, -0.2) is 13.2 Å². The molecule has 7 heteroatoms. The van der Waals surface area contributed by atoms with E-state index < -0.39 is 21.1 Å². The van der Waals surface area contributed by atoms with Crippen molar-refractivity contribution in [3.63, 3.8) is 0 Å². The Morgan fingerprint density at radius 3 is 2.81 bits per heavy atom. The van der Waals surface area contributed by atoms with Crippen LogP contribution in [-0.4, -0.2) is 38.6 Å². The number of hydrogen-bond donors (Lipinski definition) is 2. The molecule has 0 bridgehead atoms. The summed E-state index contributed by atoms with van der Waals surface area (Å²) in [5, 5.41) is 4.99. The Morgan fingerprint density at radius 1 is 1.15 bits per heavy atom. The average Bonchev–Trinajstić information content (AvgIpc) is 3.25. The number of sulfone groups is 1. The molecular formula is C20H22N2O4S. The summed E-state index contributed by atoms with van der Waals surface area (Å²) < 4.78 is 29.2. The van der Waals surface area contributed by atoms with Crippen LogP contribution in [-0.2, 0) is 16.3 Å². The van der Waals surface area contributed by atoms with Crippen molar-refractivity contribution >= 4 is 21.6 Å². The first-order valence-corrected chi connectivity index (χ1v) is 10.9. The Labute approximate surface area is 158 Å². The number of rotatable bonds is 4. The summed E-state index contributed by atoms with van der Waals surface area (Å²) in [6.07, 6.45) is 2.19. The van der Waals surface area contributed by atoms with E-state index >= 15 is 0 Å². The Morgan fingerprint density at radius 2 is 2.00 bits per heavy atom. The fourth-order valence-electron chi connectivity index (χ4n) is 3.61. The summed E-state index contributed by atoms with van der Waals surface area (Å²) in [5.41, 5.74) is 3.93. The summed E-state index contributed by atoms with van der Waals surface area (Å²) in [6, 6.07) is 13.3. The lowest BCUT2D eigenvalue weighted by atomic mass is 10.0. The molecule has 1 saturated heterocycles. The van der Waals surface area contributed by atoms with Crippen LogP contribution >= 0.6 is 0 Å². The van der Waals surface area contributed by atoms with Gasteiger partial charge in [0.25, 0.3) is 0 Å². The van der Waals surface area contributed by atoms with E-state index in [-0.39, 0.29) is 12.3 Å². The first-order valence-electron chi connectivity index (χ1n) is 9.14. The molecular weight excluding hydrogens is 364 g/mol. The first kappa shape index (κ1) is 17.9. The van der Waals surface area contributed by atoms with Crippen LogP contribution in [0.3, 0.4) is 0 Å². The van der Waals surface area contributed by atoms with Gasteiger partial charge < -0.3 is 15.4 Å². The zero-order valence-electron chi connectivity index (χ0n) is 14.9. The van der Waals surface area contributed by atoms with Gasteiger partial charge in [0, 0.05) is 18.7 Å². The van der Waals surface area contributed by atoms with Gasteiger partial charge in [-0.2, -0.15) is 0 Å². The second-order valence-electron chi connectivity index (χ2n) is 6.97. The fourth-order valence-corrected chi connectivity index (χ4v) is 5.38. The van der Waals surface area contributed by atoms with Crippen LogP contribution < -0.4 is 15.4 Å². The summed E-state index contributed by atoms with van der Waals surface area (Å²) in [4.78, 5) is 12.1. The van der Waals surface area contributed by atoms with E-state index in [1.165, 1.54) is 5.56 Å². The second-order valence-corrected chi connectivity index (χ2v) is 9.37. The lowest BCUT2D eigenvalue weighted by Crippen LogP contribution is -2.37. The monoisotopic (exact) mass is 386 g/mol. The van der Waals surface area contributed by atoms with Gasteiger partial charge in [-0.1, -0.05) is 18.2 Å². The predicted octanol–water partition coefficient (Wildman–Crippen LogP) is 2.99. The topological polar surface area (TPSA) is 84.5 Å². The average molecular weight is 386 g/mol. The standard InChI is InChI=1S/C20H22N2O4S/c23-20(21-13-18-5-2-10-27(18,24)25)22-17-4-1-3-14(12-17)15-6-7-19-16(11-15)8-9-26-19/h1,3-4,6-7,11-12,18H,2,5,8-10,13H2,(H2,21,22,23). The molecule has 2 aliphatic rings. The quantitative estimate of drug-likeness (QED) is 0.846. The third kappa shape index (κ3) is 3.93. The molecule has 6 nitrogen and oxygen atoms in total. The van der Waals surface area contributed by atoms with E-state index in [0.717, 1.165) is 29.9 Å². The summed E-state index contributed by atoms with van der Waals surface area (Å²) >= 11 is 0. The highest BCUT2D eigenvalue weighted by molar-refractivity contribution is 7.92. The molecule has 142 valence electrons. The van der Waals surface area contributed by atoms with Crippen molar-refractivity contribution in [2.45, 2.75) is 24.5 Å². The molecule has 0 saturated carbocycles. The Hall–Kier alpha value is -2.54. The largest absolute Gasteiger partial charge is 0.493 e. The number of carbonyl (C=O) groups is 1. The number of hydrogen-bond acceptors (Lipinski definition) is 4. The fraction of sp³-hybridized carbons (Fsp3) is 0.350. The van der Waals surface area contributed by atoms with Crippen LogP contribution in [0.5, 0.6) is 5.75 Å². The van der Waals surface area contributed by atoms with Crippen LogP contribution in [0, 0.1) is 0 Å². The Kier molecular flexibility index (Phi) is 4.78. The van der Waals surface area contributed by atoms with Crippen LogP contribution in [0.25, 0.3) is 11.1 Å². The predicted molar refractivity (Wildman–Crippen MR) is 105 cm³/mol. The van der Waals surface area contributed by atoms with Crippen molar-refractivity contribution < 1.29 is 17.9 Å². The number of fused-ring (bicyclic) bond motifs is 1. The van der Waals surface area contributed by atoms with Crippen molar-refractivity contribution in [2.24, 2.45) is 0 Å². The number of nitrogens with one attached hydrogen (secondary N) is 2. The van der Waals surface area contributed by atoms with E-state index in [2.05, 4.69) is 16.7 Å². The van der Waals surface area contributed by atoms with Crippen LogP contribution in [0.2, 0.25) is 0 Å². The maximum atomic E-state index is 12.1. The molecule has 0 spiro atoms. The zero-order valence-corrected chi connectivity index (χ0v) is 15.7. The van der Waals surface area contributed by atoms with E-state index in [0.29, 0.717) is 18.5 Å². The normalized spacial score (nSPS) is 19.9. The molecule has 2 N–H and O–H groups in total. The van der Waals surface area contributed by atoms with E-state index in [9.17, 15) is 13.2 Å². The van der Waals surface area contributed by atoms with Gasteiger partial charge in [0.2, 0.25) is 0 Å². The minimum Gasteiger partial charge on any atom is -0.493 e. The van der Waals surface area contributed by atoms with E-state index in [1.54, 1.807) is 0 Å². The van der Waals surface area contributed by atoms with Crippen molar-refractivity contribution in [1.29, 1.82) is 0 Å². The molecule has 2 amide bonds. The van der Waals surface area contributed by atoms with Gasteiger partial charge in [-0.15, -0.1) is 0 Å². The van der Waals surface area contributed by atoms with E-state index in [4.69, 9.17) is 4.74 Å². The third-order valence-electron chi connectivity index (χ3n) is 5.10. The number of carbonyl (C=O) groups excluding carboxylic acids is 1. The van der Waals surface area contributed by atoms with Gasteiger partial charge in [0.05, 0.1) is 17.6 Å². The summed E-state index contributed by atoms with van der Waals surface area (Å²) in [7, 11) is -3.06. The molecule has 0 radical (unpaired) electrons. The second kappa shape index (κ2) is 7.23. The molecule has 1 atom stereocenters. The molecule has 1 fully saturated rings. The van der Waals surface area contributed by atoms with Crippen molar-refractivity contribution in [3.05, 3.63) is 48.0 Å². The maximum absolute atomic E-state index is 12.1. The number of urea groups is 1. The number of benzene rings is 2. The number of anilines is 1. The van der Waals surface area contributed by atoms with Gasteiger partial charge in [-0.3, -0.25) is 0 Å². The van der Waals surface area contributed by atoms with Crippen molar-refractivity contribution in [1.82, 2.24) is 5.32 Å². The number of ether oxygens (including phenoxy) is 1. The summed E-state index contributed by atoms with van der Waals surface area (Å²) in [6.45, 7) is 0.871. The lowest BCUT2D eigenvalue weighted by Gasteiger charge is -2.12. The van der Waals surface area contributed by atoms with Gasteiger partial charge in [0.15, 0.2) is 9.84 Å². The molecule has 2 aromatic carbocycles. The van der Waals surface area contributed by atoms with Gasteiger partial charge >= 0.3 is 6.03 Å². The number of amides is 2. The first-order chi connectivity index (χ1) is 13.0. The van der Waals surface area contributed by atoms with Crippen molar-refractivity contribution in [2.75, 3.05) is 24.2 Å². The lowest BCUT2D eigenvalue weighted by molar-refractivity contribution is 0.252. The highest BCUT2D eigenvalue weighted by atomic mass is 32.2. The third-order valence-corrected chi connectivity index (χ3v) is 7.37. The van der Waals surface area contributed by atoms with Crippen molar-refractivity contribution in [3.8, 4) is 16.9 Å². The maximum Gasteiger partial charge on any atom is 0.319 e. The molecule has 4 rings (SSSR count). The smallest absolute Gasteiger partial charge is 0.319 e. The molecule has 1 unspecified atom stereocenters. The zero-order chi connectivity index (χ0) is 18.9. The highest BCUT2D eigenvalue weighted by Gasteiger charge is 2.31. The van der Waals surface area contributed by atoms with Gasteiger partial charge in [-0.05, 0) is 53.8 Å². The highest BCUT2D eigenvalue weighted by Crippen LogP contribution is 2.31. The Bertz CT molecular complexity index is 972. The van der Waals surface area contributed by atoms with Crippen LogP contribution in [0.15, 0.2) is 42.5 Å². The van der Waals surface area contributed by atoms with Gasteiger partial charge in [0.1, 0.15) is 5.75 Å². The van der Waals surface area contributed by atoms with E-state index in [1.807, 2.05) is 36.4 Å². The molecule has 0 aliphatic carbocycles. The minimum absolute atomic E-state index is 0.151. The van der Waals surface area contributed by atoms with Crippen LogP contribution in [0.1, 0.15) is 18.4 Å². The minimum atomic E-state index is -3.06. The SMILES string of the molecule is O=C(NCC1CCCS1(=O)=O)Nc1cccc(-c2ccc3c(c2)CCO3)c1. The molecule has 2 heterocycles. The Balaban J connectivity index is 1.41. The molecule has 27 heavy (non-hydrogen) atoms.